The molecule has 2 aromatic rings. The van der Waals surface area contributed by atoms with Crippen LogP contribution in [0.25, 0.3) is 0 Å². The normalized spacial score (nSPS) is 10.7. The summed E-state index contributed by atoms with van der Waals surface area (Å²) in [4.78, 5) is 11.1. The van der Waals surface area contributed by atoms with E-state index in [0.717, 1.165) is 31.1 Å². The van der Waals surface area contributed by atoms with Gasteiger partial charge >= 0.3 is 0 Å². The van der Waals surface area contributed by atoms with Crippen molar-refractivity contribution in [2.45, 2.75) is 33.9 Å². The van der Waals surface area contributed by atoms with Gasteiger partial charge < -0.3 is 10.2 Å². The molecule has 0 radical (unpaired) electrons. The first-order valence-corrected chi connectivity index (χ1v) is 7.39. The summed E-state index contributed by atoms with van der Waals surface area (Å²) < 4.78 is 0. The van der Waals surface area contributed by atoms with Crippen LogP contribution < -0.4 is 10.2 Å². The molecule has 0 aliphatic heterocycles. The average molecular weight is 284 g/mol. The lowest BCUT2D eigenvalue weighted by molar-refractivity contribution is 0.714. The third-order valence-corrected chi connectivity index (χ3v) is 3.51. The number of nitrogens with one attached hydrogen (secondary N) is 1. The summed E-state index contributed by atoms with van der Waals surface area (Å²) in [5, 5.41) is 3.40. The second-order valence-electron chi connectivity index (χ2n) is 5.38. The topological polar surface area (TPSA) is 41.1 Å². The molecule has 0 atom stereocenters. The summed E-state index contributed by atoms with van der Waals surface area (Å²) in [6.45, 7) is 8.94. The molecule has 112 valence electrons. The van der Waals surface area contributed by atoms with E-state index in [9.17, 15) is 0 Å². The Labute approximate surface area is 127 Å². The number of aromatic nitrogens is 2. The number of nitrogens with zero attached hydrogens (tertiary/aromatic N) is 3. The van der Waals surface area contributed by atoms with E-state index in [2.05, 4.69) is 48.2 Å². The first kappa shape index (κ1) is 15.4. The van der Waals surface area contributed by atoms with E-state index in [0.29, 0.717) is 0 Å². The Morgan fingerprint density at radius 1 is 1.29 bits per heavy atom. The fourth-order valence-corrected chi connectivity index (χ4v) is 2.47. The molecule has 0 spiro atoms. The summed E-state index contributed by atoms with van der Waals surface area (Å²) in [6.07, 6.45) is 3.71. The number of aryl methyl sites for hydroxylation is 2. The molecule has 2 heterocycles. The zero-order valence-electron chi connectivity index (χ0n) is 13.3. The van der Waals surface area contributed by atoms with Gasteiger partial charge in [-0.2, -0.15) is 0 Å². The van der Waals surface area contributed by atoms with Crippen LogP contribution in [-0.2, 0) is 13.1 Å². The van der Waals surface area contributed by atoms with Crippen LogP contribution in [0.4, 0.5) is 5.82 Å². The van der Waals surface area contributed by atoms with Crippen molar-refractivity contribution in [3.05, 3.63) is 53.0 Å². The molecule has 0 saturated heterocycles. The van der Waals surface area contributed by atoms with E-state index in [1.165, 1.54) is 16.7 Å². The highest BCUT2D eigenvalue weighted by atomic mass is 15.2. The maximum Gasteiger partial charge on any atom is 0.133 e. The highest BCUT2D eigenvalue weighted by molar-refractivity contribution is 5.51. The Balaban J connectivity index is 2.28. The standard InChI is InChI=1S/C17H24N4/c1-5-18-11-16-13(2)9-14(3)20-17(16)21(4)12-15-7-6-8-19-10-15/h6-10,18H,5,11-12H2,1-4H3. The first-order chi connectivity index (χ1) is 10.1. The van der Waals surface area contributed by atoms with Gasteiger partial charge in [0.2, 0.25) is 0 Å². The Morgan fingerprint density at radius 2 is 2.10 bits per heavy atom. The van der Waals surface area contributed by atoms with Crippen LogP contribution >= 0.6 is 0 Å². The fraction of sp³-hybridized carbons (Fsp3) is 0.412. The van der Waals surface area contributed by atoms with Crippen LogP contribution in [0.5, 0.6) is 0 Å². The van der Waals surface area contributed by atoms with Gasteiger partial charge in [-0.3, -0.25) is 4.98 Å². The Bertz CT molecular complexity index is 581. The van der Waals surface area contributed by atoms with Crippen LogP contribution in [0.2, 0.25) is 0 Å². The van der Waals surface area contributed by atoms with Gasteiger partial charge in [0.15, 0.2) is 0 Å². The molecule has 4 heteroatoms. The van der Waals surface area contributed by atoms with Gasteiger partial charge in [-0.15, -0.1) is 0 Å². The maximum atomic E-state index is 4.75. The fourth-order valence-electron chi connectivity index (χ4n) is 2.47. The molecule has 0 aromatic carbocycles. The van der Waals surface area contributed by atoms with Gasteiger partial charge in [0.25, 0.3) is 0 Å². The van der Waals surface area contributed by atoms with Crippen molar-refractivity contribution < 1.29 is 0 Å². The Hall–Kier alpha value is -1.94. The number of hydrogen-bond donors (Lipinski definition) is 1. The molecule has 0 amide bonds. The lowest BCUT2D eigenvalue weighted by Gasteiger charge is -2.23. The van der Waals surface area contributed by atoms with Crippen molar-refractivity contribution >= 4 is 5.82 Å². The van der Waals surface area contributed by atoms with Gasteiger partial charge in [0.05, 0.1) is 0 Å². The zero-order valence-corrected chi connectivity index (χ0v) is 13.3. The van der Waals surface area contributed by atoms with E-state index >= 15 is 0 Å². The number of hydrogen-bond acceptors (Lipinski definition) is 4. The average Bonchev–Trinajstić information content (AvgIpc) is 2.46. The van der Waals surface area contributed by atoms with Crippen molar-refractivity contribution in [1.29, 1.82) is 0 Å². The third-order valence-electron chi connectivity index (χ3n) is 3.51. The van der Waals surface area contributed by atoms with Gasteiger partial charge in [0, 0.05) is 43.8 Å². The van der Waals surface area contributed by atoms with E-state index in [1.807, 2.05) is 19.2 Å². The molecule has 0 fully saturated rings. The molecular formula is C17H24N4. The molecule has 0 aliphatic carbocycles. The summed E-state index contributed by atoms with van der Waals surface area (Å²) in [5.74, 6) is 1.05. The molecule has 1 N–H and O–H groups in total. The lowest BCUT2D eigenvalue weighted by Crippen LogP contribution is -2.23. The maximum absolute atomic E-state index is 4.75. The SMILES string of the molecule is CCNCc1c(C)cc(C)nc1N(C)Cc1cccnc1. The van der Waals surface area contributed by atoms with E-state index in [4.69, 9.17) is 4.98 Å². The second kappa shape index (κ2) is 7.18. The van der Waals surface area contributed by atoms with E-state index in [-0.39, 0.29) is 0 Å². The van der Waals surface area contributed by atoms with Crippen LogP contribution in [0.15, 0.2) is 30.6 Å². The molecule has 2 aromatic heterocycles. The smallest absolute Gasteiger partial charge is 0.133 e. The lowest BCUT2D eigenvalue weighted by atomic mass is 10.1. The minimum atomic E-state index is 0.808. The number of rotatable bonds is 6. The summed E-state index contributed by atoms with van der Waals surface area (Å²) in [7, 11) is 2.09. The molecule has 0 bridgehead atoms. The third kappa shape index (κ3) is 4.02. The molecule has 0 saturated carbocycles. The molecule has 21 heavy (non-hydrogen) atoms. The predicted octanol–water partition coefficient (Wildman–Crippen LogP) is 2.84. The van der Waals surface area contributed by atoms with Gasteiger partial charge in [0.1, 0.15) is 5.82 Å². The first-order valence-electron chi connectivity index (χ1n) is 7.39. The molecular weight excluding hydrogens is 260 g/mol. The Kier molecular flexibility index (Phi) is 5.28. The van der Waals surface area contributed by atoms with Crippen molar-refractivity contribution in [3.63, 3.8) is 0 Å². The molecule has 2 rings (SSSR count). The monoisotopic (exact) mass is 284 g/mol. The van der Waals surface area contributed by atoms with Gasteiger partial charge in [-0.05, 0) is 43.7 Å². The summed E-state index contributed by atoms with van der Waals surface area (Å²) >= 11 is 0. The van der Waals surface area contributed by atoms with Crippen LogP contribution in [-0.4, -0.2) is 23.6 Å². The van der Waals surface area contributed by atoms with Crippen LogP contribution in [0.1, 0.15) is 29.3 Å². The van der Waals surface area contributed by atoms with Crippen molar-refractivity contribution in [1.82, 2.24) is 15.3 Å². The highest BCUT2D eigenvalue weighted by Gasteiger charge is 2.13. The number of pyridine rings is 2. The van der Waals surface area contributed by atoms with E-state index in [1.54, 1.807) is 6.20 Å². The highest BCUT2D eigenvalue weighted by Crippen LogP contribution is 2.23. The molecule has 0 unspecified atom stereocenters. The van der Waals surface area contributed by atoms with Crippen molar-refractivity contribution in [3.8, 4) is 0 Å². The van der Waals surface area contributed by atoms with Crippen LogP contribution in [0, 0.1) is 13.8 Å². The van der Waals surface area contributed by atoms with Gasteiger partial charge in [-0.25, -0.2) is 4.98 Å². The predicted molar refractivity (Wildman–Crippen MR) is 87.4 cm³/mol. The van der Waals surface area contributed by atoms with E-state index < -0.39 is 0 Å². The summed E-state index contributed by atoms with van der Waals surface area (Å²) in [5.41, 5.74) is 4.81. The van der Waals surface area contributed by atoms with Crippen molar-refractivity contribution in [2.24, 2.45) is 0 Å². The number of anilines is 1. The quantitative estimate of drug-likeness (QED) is 0.885. The van der Waals surface area contributed by atoms with Gasteiger partial charge in [-0.1, -0.05) is 13.0 Å². The largest absolute Gasteiger partial charge is 0.355 e. The molecule has 4 nitrogen and oxygen atoms in total. The van der Waals surface area contributed by atoms with Crippen molar-refractivity contribution in [2.75, 3.05) is 18.5 Å². The summed E-state index contributed by atoms with van der Waals surface area (Å²) in [6, 6.07) is 6.21. The second-order valence-corrected chi connectivity index (χ2v) is 5.38. The molecule has 0 aliphatic rings. The Morgan fingerprint density at radius 3 is 2.76 bits per heavy atom. The van der Waals surface area contributed by atoms with Crippen LogP contribution in [0.3, 0.4) is 0 Å². The minimum Gasteiger partial charge on any atom is -0.355 e. The zero-order chi connectivity index (χ0) is 15.2. The minimum absolute atomic E-state index is 0.808.